The van der Waals surface area contributed by atoms with E-state index in [1.807, 2.05) is 17.4 Å². The number of aromatic nitrogens is 2. The summed E-state index contributed by atoms with van der Waals surface area (Å²) in [6.45, 7) is 6.18. The van der Waals surface area contributed by atoms with Gasteiger partial charge >= 0.3 is 5.97 Å². The maximum Gasteiger partial charge on any atom is 0.320 e. The van der Waals surface area contributed by atoms with E-state index in [2.05, 4.69) is 14.5 Å². The second kappa shape index (κ2) is 5.54. The van der Waals surface area contributed by atoms with Gasteiger partial charge in [-0.2, -0.15) is 0 Å². The van der Waals surface area contributed by atoms with Gasteiger partial charge in [-0.25, -0.2) is 4.98 Å². The number of imidazole rings is 1. The minimum atomic E-state index is -0.731. The van der Waals surface area contributed by atoms with Crippen molar-refractivity contribution in [1.29, 1.82) is 0 Å². The Morgan fingerprint density at radius 3 is 2.70 bits per heavy atom. The van der Waals surface area contributed by atoms with Crippen molar-refractivity contribution in [2.75, 3.05) is 26.2 Å². The number of carboxylic acid groups (broad SMARTS) is 1. The number of nitrogens with zero attached hydrogens (tertiary/aromatic N) is 4. The fraction of sp³-hybridized carbons (Fsp3) is 0.714. The molecule has 0 bridgehead atoms. The molecular formula is C14H22N4O2. The van der Waals surface area contributed by atoms with E-state index in [0.29, 0.717) is 6.04 Å². The highest BCUT2D eigenvalue weighted by Gasteiger charge is 2.28. The van der Waals surface area contributed by atoms with E-state index in [9.17, 15) is 4.79 Å². The van der Waals surface area contributed by atoms with E-state index >= 15 is 0 Å². The Kier molecular flexibility index (Phi) is 3.76. The summed E-state index contributed by atoms with van der Waals surface area (Å²) in [7, 11) is 0. The van der Waals surface area contributed by atoms with E-state index in [4.69, 9.17) is 5.11 Å². The molecule has 6 heteroatoms. The summed E-state index contributed by atoms with van der Waals surface area (Å²) in [5.41, 5.74) is 1.28. The van der Waals surface area contributed by atoms with Crippen molar-refractivity contribution in [2.24, 2.45) is 0 Å². The molecule has 1 saturated carbocycles. The lowest BCUT2D eigenvalue weighted by molar-refractivity contribution is -0.143. The zero-order valence-corrected chi connectivity index (χ0v) is 11.9. The van der Waals surface area contributed by atoms with Gasteiger partial charge in [-0.1, -0.05) is 0 Å². The molecule has 0 spiro atoms. The van der Waals surface area contributed by atoms with Crippen LogP contribution in [0, 0.1) is 0 Å². The largest absolute Gasteiger partial charge is 0.480 e. The molecule has 1 N–H and O–H groups in total. The number of carboxylic acids is 1. The topological polar surface area (TPSA) is 61.6 Å². The highest BCUT2D eigenvalue weighted by molar-refractivity contribution is 5.72. The molecule has 1 aliphatic carbocycles. The highest BCUT2D eigenvalue weighted by Crippen LogP contribution is 2.35. The standard InChI is InChI=1S/C14H22N4O2/c1-11(14(19)20)17-6-4-16(5-7-17)9-13-8-15-10-18(13)12-2-3-12/h8,10-12H,2-7,9H2,1H3,(H,19,20). The maximum atomic E-state index is 11.0. The van der Waals surface area contributed by atoms with Gasteiger partial charge in [0, 0.05) is 45.0 Å². The summed E-state index contributed by atoms with van der Waals surface area (Å²) in [6.07, 6.45) is 6.45. The molecule has 1 unspecified atom stereocenters. The maximum absolute atomic E-state index is 11.0. The molecule has 0 amide bonds. The van der Waals surface area contributed by atoms with Gasteiger partial charge in [0.1, 0.15) is 6.04 Å². The van der Waals surface area contributed by atoms with E-state index in [0.717, 1.165) is 32.7 Å². The third-order valence-corrected chi connectivity index (χ3v) is 4.38. The van der Waals surface area contributed by atoms with Gasteiger partial charge < -0.3 is 9.67 Å². The Balaban J connectivity index is 1.53. The summed E-state index contributed by atoms with van der Waals surface area (Å²) >= 11 is 0. The molecule has 20 heavy (non-hydrogen) atoms. The molecule has 1 aliphatic heterocycles. The van der Waals surface area contributed by atoms with Crippen LogP contribution in [0.2, 0.25) is 0 Å². The molecule has 1 aromatic rings. The van der Waals surface area contributed by atoms with Crippen LogP contribution in [-0.4, -0.2) is 62.6 Å². The van der Waals surface area contributed by atoms with Gasteiger partial charge in [-0.3, -0.25) is 14.6 Å². The van der Waals surface area contributed by atoms with Crippen LogP contribution in [0.4, 0.5) is 0 Å². The first-order valence-electron chi connectivity index (χ1n) is 7.35. The van der Waals surface area contributed by atoms with Gasteiger partial charge in [0.2, 0.25) is 0 Å². The van der Waals surface area contributed by atoms with Crippen LogP contribution in [0.1, 0.15) is 31.5 Å². The Bertz CT molecular complexity index is 475. The monoisotopic (exact) mass is 278 g/mol. The quantitative estimate of drug-likeness (QED) is 0.863. The SMILES string of the molecule is CC(C(=O)O)N1CCN(Cc2cncn2C2CC2)CC1. The summed E-state index contributed by atoms with van der Waals surface area (Å²) in [5, 5.41) is 9.05. The van der Waals surface area contributed by atoms with Crippen molar-refractivity contribution in [2.45, 2.75) is 38.4 Å². The van der Waals surface area contributed by atoms with Crippen LogP contribution >= 0.6 is 0 Å². The van der Waals surface area contributed by atoms with E-state index in [1.165, 1.54) is 18.5 Å². The Morgan fingerprint density at radius 2 is 2.10 bits per heavy atom. The average molecular weight is 278 g/mol. The summed E-state index contributed by atoms with van der Waals surface area (Å²) in [6, 6.07) is 0.287. The van der Waals surface area contributed by atoms with E-state index < -0.39 is 5.97 Å². The van der Waals surface area contributed by atoms with Crippen LogP contribution in [-0.2, 0) is 11.3 Å². The predicted molar refractivity (Wildman–Crippen MR) is 74.4 cm³/mol. The van der Waals surface area contributed by atoms with Crippen LogP contribution in [0.5, 0.6) is 0 Å². The number of hydrogen-bond acceptors (Lipinski definition) is 4. The predicted octanol–water partition coefficient (Wildman–Crippen LogP) is 0.809. The minimum absolute atomic E-state index is 0.380. The first kappa shape index (κ1) is 13.6. The number of piperazine rings is 1. The molecule has 1 saturated heterocycles. The highest BCUT2D eigenvalue weighted by atomic mass is 16.4. The molecule has 2 aliphatic rings. The lowest BCUT2D eigenvalue weighted by Gasteiger charge is -2.36. The summed E-state index contributed by atoms with van der Waals surface area (Å²) < 4.78 is 2.30. The van der Waals surface area contributed by atoms with Crippen molar-refractivity contribution in [3.63, 3.8) is 0 Å². The molecule has 3 rings (SSSR count). The fourth-order valence-electron chi connectivity index (χ4n) is 2.83. The first-order valence-corrected chi connectivity index (χ1v) is 7.35. The van der Waals surface area contributed by atoms with Crippen molar-refractivity contribution < 1.29 is 9.90 Å². The number of carbonyl (C=O) groups is 1. The van der Waals surface area contributed by atoms with Gasteiger partial charge in [-0.05, 0) is 19.8 Å². The lowest BCUT2D eigenvalue weighted by Crippen LogP contribution is -2.51. The molecule has 2 fully saturated rings. The van der Waals surface area contributed by atoms with Gasteiger partial charge in [0.05, 0.1) is 12.0 Å². The van der Waals surface area contributed by atoms with E-state index in [-0.39, 0.29) is 6.04 Å². The van der Waals surface area contributed by atoms with Crippen LogP contribution < -0.4 is 0 Å². The normalized spacial score (nSPS) is 22.9. The number of rotatable bonds is 5. The zero-order valence-electron chi connectivity index (χ0n) is 11.9. The molecule has 6 nitrogen and oxygen atoms in total. The number of aliphatic carboxylic acids is 1. The lowest BCUT2D eigenvalue weighted by atomic mass is 10.2. The second-order valence-corrected chi connectivity index (χ2v) is 5.85. The Hall–Kier alpha value is -1.40. The number of hydrogen-bond donors (Lipinski definition) is 1. The third-order valence-electron chi connectivity index (χ3n) is 4.38. The molecule has 0 aromatic carbocycles. The molecule has 1 aromatic heterocycles. The second-order valence-electron chi connectivity index (χ2n) is 5.85. The molecule has 0 radical (unpaired) electrons. The van der Waals surface area contributed by atoms with Gasteiger partial charge in [0.25, 0.3) is 0 Å². The molecular weight excluding hydrogens is 256 g/mol. The van der Waals surface area contributed by atoms with Crippen LogP contribution in [0.3, 0.4) is 0 Å². The van der Waals surface area contributed by atoms with Crippen LogP contribution in [0.15, 0.2) is 12.5 Å². The first-order chi connectivity index (χ1) is 9.65. The average Bonchev–Trinajstić information content (AvgIpc) is 3.19. The van der Waals surface area contributed by atoms with Crippen molar-refractivity contribution in [1.82, 2.24) is 19.4 Å². The minimum Gasteiger partial charge on any atom is -0.480 e. The fourth-order valence-corrected chi connectivity index (χ4v) is 2.83. The zero-order chi connectivity index (χ0) is 14.1. The van der Waals surface area contributed by atoms with Gasteiger partial charge in [0.15, 0.2) is 0 Å². The van der Waals surface area contributed by atoms with Crippen molar-refractivity contribution in [3.05, 3.63) is 18.2 Å². The Morgan fingerprint density at radius 1 is 1.40 bits per heavy atom. The molecule has 110 valence electrons. The van der Waals surface area contributed by atoms with Gasteiger partial charge in [-0.15, -0.1) is 0 Å². The molecule has 1 atom stereocenters. The van der Waals surface area contributed by atoms with E-state index in [1.54, 1.807) is 6.92 Å². The third kappa shape index (κ3) is 2.86. The summed E-state index contributed by atoms with van der Waals surface area (Å²) in [4.78, 5) is 19.7. The van der Waals surface area contributed by atoms with Crippen molar-refractivity contribution >= 4 is 5.97 Å². The summed E-state index contributed by atoms with van der Waals surface area (Å²) in [5.74, 6) is -0.731. The smallest absolute Gasteiger partial charge is 0.320 e. The van der Waals surface area contributed by atoms with Crippen molar-refractivity contribution in [3.8, 4) is 0 Å². The van der Waals surface area contributed by atoms with Crippen LogP contribution in [0.25, 0.3) is 0 Å². The Labute approximate surface area is 119 Å². The molecule has 2 heterocycles.